The quantitative estimate of drug-likeness (QED) is 0.582. The average molecular weight is 447 g/mol. The van der Waals surface area contributed by atoms with Gasteiger partial charge in [-0.15, -0.1) is 0 Å². The number of nitrogen functional groups attached to an aromatic ring is 1. The normalized spacial score (nSPS) is 18.4. The van der Waals surface area contributed by atoms with Crippen molar-refractivity contribution in [3.63, 3.8) is 0 Å². The van der Waals surface area contributed by atoms with Crippen LogP contribution >= 0.6 is 0 Å². The molecule has 0 bridgehead atoms. The van der Waals surface area contributed by atoms with Crippen molar-refractivity contribution in [2.45, 2.75) is 52.5 Å². The first-order valence-electron chi connectivity index (χ1n) is 11.2. The van der Waals surface area contributed by atoms with Crippen LogP contribution in [0.5, 0.6) is 5.75 Å². The first-order valence-corrected chi connectivity index (χ1v) is 11.2. The molecule has 0 saturated heterocycles. The number of carbonyl (C=O) groups excluding carboxylic acids is 1. The molecule has 3 N–H and O–H groups in total. The lowest BCUT2D eigenvalue weighted by atomic mass is 9.85. The lowest BCUT2D eigenvalue weighted by molar-refractivity contribution is -0.120. The van der Waals surface area contributed by atoms with Gasteiger partial charge in [-0.25, -0.2) is 15.0 Å². The number of hydrogen-bond donors (Lipinski definition) is 2. The summed E-state index contributed by atoms with van der Waals surface area (Å²) in [6.07, 6.45) is 5.07. The van der Waals surface area contributed by atoms with Crippen LogP contribution < -0.4 is 15.8 Å². The fourth-order valence-corrected chi connectivity index (χ4v) is 4.07. The number of amides is 1. The Labute approximate surface area is 194 Å². The predicted molar refractivity (Wildman–Crippen MR) is 129 cm³/mol. The molecule has 2 aromatic heterocycles. The molecular formula is C25H30N6O2. The minimum absolute atomic E-state index is 0.0323. The highest BCUT2D eigenvalue weighted by molar-refractivity contribution is 5.92. The van der Waals surface area contributed by atoms with Crippen molar-refractivity contribution < 1.29 is 9.53 Å². The number of anilines is 2. The molecule has 0 spiro atoms. The van der Waals surface area contributed by atoms with Crippen LogP contribution in [0.1, 0.15) is 58.3 Å². The van der Waals surface area contributed by atoms with E-state index in [0.29, 0.717) is 22.8 Å². The Morgan fingerprint density at radius 3 is 2.67 bits per heavy atom. The summed E-state index contributed by atoms with van der Waals surface area (Å²) in [5, 5.41) is 3.02. The average Bonchev–Trinajstić information content (AvgIpc) is 3.22. The number of methoxy groups -OCH3 is 1. The van der Waals surface area contributed by atoms with Crippen LogP contribution in [0.2, 0.25) is 0 Å². The fourth-order valence-electron chi connectivity index (χ4n) is 4.07. The number of imidazole rings is 1. The molecular weight excluding hydrogens is 416 g/mol. The predicted octanol–water partition coefficient (Wildman–Crippen LogP) is 4.18. The number of carbonyl (C=O) groups is 1. The zero-order chi connectivity index (χ0) is 23.6. The first-order chi connectivity index (χ1) is 15.7. The summed E-state index contributed by atoms with van der Waals surface area (Å²) in [6, 6.07) is 7.61. The molecule has 0 aliphatic heterocycles. The van der Waals surface area contributed by atoms with Gasteiger partial charge in [-0.1, -0.05) is 12.0 Å². The molecule has 0 atom stereocenters. The second-order valence-corrected chi connectivity index (χ2v) is 9.48. The van der Waals surface area contributed by atoms with Gasteiger partial charge in [0.15, 0.2) is 11.5 Å². The van der Waals surface area contributed by atoms with Crippen LogP contribution in [0.4, 0.5) is 11.5 Å². The molecule has 1 aliphatic rings. The molecule has 33 heavy (non-hydrogen) atoms. The number of nitrogens with zero attached hydrogens (tertiary/aromatic N) is 4. The lowest BCUT2D eigenvalue weighted by Gasteiger charge is -2.28. The SMILES string of the molecule is COc1cccc(NC(=O)[C@H]2CC[C@@H](n3cnc4c(N)nc(C#CC(C)(C)C)nc43)CC2)c1. The van der Waals surface area contributed by atoms with Crippen molar-refractivity contribution in [2.24, 2.45) is 11.3 Å². The van der Waals surface area contributed by atoms with Gasteiger partial charge in [-0.05, 0) is 64.5 Å². The molecule has 172 valence electrons. The number of nitrogens with two attached hydrogens (primary N) is 1. The van der Waals surface area contributed by atoms with Crippen LogP contribution in [-0.2, 0) is 4.79 Å². The molecule has 2 heterocycles. The smallest absolute Gasteiger partial charge is 0.227 e. The maximum absolute atomic E-state index is 12.8. The van der Waals surface area contributed by atoms with Gasteiger partial charge >= 0.3 is 0 Å². The highest BCUT2D eigenvalue weighted by Gasteiger charge is 2.28. The molecule has 8 heteroatoms. The molecule has 1 amide bonds. The van der Waals surface area contributed by atoms with Gasteiger partial charge in [-0.2, -0.15) is 0 Å². The van der Waals surface area contributed by atoms with Gasteiger partial charge in [-0.3, -0.25) is 4.79 Å². The molecule has 1 aromatic carbocycles. The Balaban J connectivity index is 1.47. The van der Waals surface area contributed by atoms with Crippen molar-refractivity contribution in [1.29, 1.82) is 0 Å². The molecule has 1 aliphatic carbocycles. The van der Waals surface area contributed by atoms with E-state index < -0.39 is 0 Å². The number of hydrogen-bond acceptors (Lipinski definition) is 6. The summed E-state index contributed by atoms with van der Waals surface area (Å²) >= 11 is 0. The van der Waals surface area contributed by atoms with E-state index in [0.717, 1.165) is 37.1 Å². The van der Waals surface area contributed by atoms with Crippen molar-refractivity contribution in [3.8, 4) is 17.6 Å². The summed E-state index contributed by atoms with van der Waals surface area (Å²) in [6.45, 7) is 6.11. The van der Waals surface area contributed by atoms with Gasteiger partial charge in [0.05, 0.1) is 13.4 Å². The monoisotopic (exact) mass is 446 g/mol. The number of nitrogens with one attached hydrogen (secondary N) is 1. The zero-order valence-corrected chi connectivity index (χ0v) is 19.6. The summed E-state index contributed by atoms with van der Waals surface area (Å²) < 4.78 is 7.29. The number of fused-ring (bicyclic) bond motifs is 1. The lowest BCUT2D eigenvalue weighted by Crippen LogP contribution is -2.28. The second kappa shape index (κ2) is 9.10. The number of ether oxygens (including phenoxy) is 1. The minimum Gasteiger partial charge on any atom is -0.497 e. The van der Waals surface area contributed by atoms with E-state index in [1.54, 1.807) is 13.4 Å². The Morgan fingerprint density at radius 2 is 1.97 bits per heavy atom. The van der Waals surface area contributed by atoms with Crippen LogP contribution in [0.15, 0.2) is 30.6 Å². The van der Waals surface area contributed by atoms with Gasteiger partial charge < -0.3 is 20.4 Å². The zero-order valence-electron chi connectivity index (χ0n) is 19.6. The Morgan fingerprint density at radius 1 is 1.21 bits per heavy atom. The molecule has 1 fully saturated rings. The maximum atomic E-state index is 12.8. The van der Waals surface area contributed by atoms with E-state index >= 15 is 0 Å². The highest BCUT2D eigenvalue weighted by Crippen LogP contribution is 2.35. The third kappa shape index (κ3) is 5.25. The molecule has 1 saturated carbocycles. The van der Waals surface area contributed by atoms with Crippen LogP contribution in [0, 0.1) is 23.2 Å². The number of rotatable bonds is 4. The van der Waals surface area contributed by atoms with Crippen molar-refractivity contribution in [3.05, 3.63) is 36.4 Å². The van der Waals surface area contributed by atoms with Gasteiger partial charge in [0.1, 0.15) is 11.3 Å². The van der Waals surface area contributed by atoms with E-state index in [1.807, 2.05) is 45.0 Å². The van der Waals surface area contributed by atoms with Crippen molar-refractivity contribution in [1.82, 2.24) is 19.5 Å². The van der Waals surface area contributed by atoms with E-state index in [4.69, 9.17) is 10.5 Å². The van der Waals surface area contributed by atoms with Crippen molar-refractivity contribution in [2.75, 3.05) is 18.2 Å². The number of benzene rings is 1. The molecule has 3 aromatic rings. The largest absolute Gasteiger partial charge is 0.497 e. The molecule has 8 nitrogen and oxygen atoms in total. The van der Waals surface area contributed by atoms with E-state index in [-0.39, 0.29) is 23.3 Å². The maximum Gasteiger partial charge on any atom is 0.227 e. The Hall–Kier alpha value is -3.60. The van der Waals surface area contributed by atoms with Crippen LogP contribution in [0.25, 0.3) is 11.2 Å². The highest BCUT2D eigenvalue weighted by atomic mass is 16.5. The standard InChI is InChI=1S/C25H30N6O2/c1-25(2,3)13-12-20-29-22(26)21-23(30-20)31(15-27-21)18-10-8-16(9-11-18)24(32)28-17-6-5-7-19(14-17)33-4/h5-7,14-16,18H,8-11H2,1-4H3,(H,28,32)(H2,26,29,30)/t16-,18+. The minimum atomic E-state index is -0.156. The third-order valence-corrected chi connectivity index (χ3v) is 5.80. The Kier molecular flexibility index (Phi) is 6.23. The fraction of sp³-hybridized carbons (Fsp3) is 0.440. The van der Waals surface area contributed by atoms with E-state index in [9.17, 15) is 4.79 Å². The van der Waals surface area contributed by atoms with Crippen molar-refractivity contribution >= 4 is 28.6 Å². The molecule has 4 rings (SSSR count). The summed E-state index contributed by atoms with van der Waals surface area (Å²) in [7, 11) is 1.61. The first kappa shape index (κ1) is 22.6. The molecule has 0 radical (unpaired) electrons. The summed E-state index contributed by atoms with van der Waals surface area (Å²) in [4.78, 5) is 26.2. The van der Waals surface area contributed by atoms with Crippen LogP contribution in [-0.4, -0.2) is 32.5 Å². The van der Waals surface area contributed by atoms with Gasteiger partial charge in [0.25, 0.3) is 0 Å². The number of aromatic nitrogens is 4. The van der Waals surface area contributed by atoms with Gasteiger partial charge in [0, 0.05) is 29.1 Å². The third-order valence-electron chi connectivity index (χ3n) is 5.80. The topological polar surface area (TPSA) is 108 Å². The summed E-state index contributed by atoms with van der Waals surface area (Å²) in [5.74, 6) is 7.66. The van der Waals surface area contributed by atoms with Gasteiger partial charge in [0.2, 0.25) is 11.7 Å². The molecule has 0 unspecified atom stereocenters. The second-order valence-electron chi connectivity index (χ2n) is 9.48. The Bertz CT molecular complexity index is 1220. The van der Waals surface area contributed by atoms with Crippen LogP contribution in [0.3, 0.4) is 0 Å². The van der Waals surface area contributed by atoms with E-state index in [1.165, 1.54) is 0 Å². The summed E-state index contributed by atoms with van der Waals surface area (Å²) in [5.41, 5.74) is 8.02. The van der Waals surface area contributed by atoms with E-state index in [2.05, 4.69) is 36.7 Å².